The molecule has 1 aliphatic carbocycles. The fourth-order valence-corrected chi connectivity index (χ4v) is 4.74. The van der Waals surface area contributed by atoms with Crippen LogP contribution in [-0.2, 0) is 14.9 Å². The van der Waals surface area contributed by atoms with Gasteiger partial charge in [-0.05, 0) is 41.5 Å². The van der Waals surface area contributed by atoms with Crippen LogP contribution in [0.25, 0.3) is 0 Å². The lowest BCUT2D eigenvalue weighted by Gasteiger charge is -2.41. The minimum absolute atomic E-state index is 0.0854. The smallest absolute Gasteiger partial charge is 0.336 e. The predicted molar refractivity (Wildman–Crippen MR) is 127 cm³/mol. The van der Waals surface area contributed by atoms with E-state index >= 15 is 0 Å². The third-order valence-corrected chi connectivity index (χ3v) is 6.48. The number of hydrogen-bond acceptors (Lipinski definition) is 5. The molecule has 0 bridgehead atoms. The van der Waals surface area contributed by atoms with Crippen LogP contribution in [0.5, 0.6) is 0 Å². The summed E-state index contributed by atoms with van der Waals surface area (Å²) in [5.41, 5.74) is 5.82. The molecule has 0 saturated carbocycles. The largest absolute Gasteiger partial charge is 0.462 e. The second kappa shape index (κ2) is 7.80. The number of nitrogens with zero attached hydrogens (tertiary/aromatic N) is 3. The molecule has 4 rings (SSSR count). The van der Waals surface area contributed by atoms with Gasteiger partial charge < -0.3 is 19.4 Å². The van der Waals surface area contributed by atoms with E-state index in [1.54, 1.807) is 0 Å². The highest BCUT2D eigenvalue weighted by molar-refractivity contribution is 5.94. The number of rotatable bonds is 5. The maximum Gasteiger partial charge on any atom is 0.336 e. The summed E-state index contributed by atoms with van der Waals surface area (Å²) >= 11 is 0. The van der Waals surface area contributed by atoms with Gasteiger partial charge in [0.25, 0.3) is 0 Å². The van der Waals surface area contributed by atoms with Crippen molar-refractivity contribution < 1.29 is 9.53 Å². The maximum absolute atomic E-state index is 12.8. The zero-order valence-corrected chi connectivity index (χ0v) is 19.2. The van der Waals surface area contributed by atoms with Crippen molar-refractivity contribution in [2.45, 2.75) is 5.41 Å². The number of benzene rings is 2. The summed E-state index contributed by atoms with van der Waals surface area (Å²) < 4.78 is 5.62. The molecule has 5 nitrogen and oxygen atoms in total. The average molecular weight is 418 g/mol. The molecule has 31 heavy (non-hydrogen) atoms. The van der Waals surface area contributed by atoms with Crippen molar-refractivity contribution >= 4 is 17.3 Å². The Kier molecular flexibility index (Phi) is 5.29. The van der Waals surface area contributed by atoms with Gasteiger partial charge in [-0.25, -0.2) is 4.79 Å². The van der Waals surface area contributed by atoms with Crippen LogP contribution in [0.2, 0.25) is 0 Å². The van der Waals surface area contributed by atoms with E-state index in [0.717, 1.165) is 33.8 Å². The monoisotopic (exact) mass is 417 g/mol. The Labute approximate surface area is 185 Å². The minimum Gasteiger partial charge on any atom is -0.462 e. The summed E-state index contributed by atoms with van der Waals surface area (Å²) in [6, 6.07) is 17.3. The SMILES string of the molecule is CN(C)C1=C2C(=O)OCC2C(c2ccc(N(C)C)cc2)(c2ccc(N(C)C)cc2)C=C1. The van der Waals surface area contributed by atoms with Crippen LogP contribution >= 0.6 is 0 Å². The molecule has 1 fully saturated rings. The zero-order valence-electron chi connectivity index (χ0n) is 19.2. The third-order valence-electron chi connectivity index (χ3n) is 6.48. The van der Waals surface area contributed by atoms with Gasteiger partial charge in [0.2, 0.25) is 0 Å². The van der Waals surface area contributed by atoms with Crippen molar-refractivity contribution in [2.24, 2.45) is 5.92 Å². The third kappa shape index (κ3) is 3.38. The van der Waals surface area contributed by atoms with Gasteiger partial charge in [0.1, 0.15) is 6.61 Å². The van der Waals surface area contributed by atoms with Crippen molar-refractivity contribution in [1.29, 1.82) is 0 Å². The first kappa shape index (κ1) is 21.0. The average Bonchev–Trinajstić information content (AvgIpc) is 3.15. The van der Waals surface area contributed by atoms with Crippen LogP contribution in [0.1, 0.15) is 11.1 Å². The number of allylic oxidation sites excluding steroid dienone is 2. The van der Waals surface area contributed by atoms with Crippen LogP contribution in [-0.4, -0.2) is 59.8 Å². The first-order valence-corrected chi connectivity index (χ1v) is 10.6. The molecule has 1 unspecified atom stereocenters. The molecular formula is C26H31N3O2. The number of fused-ring (bicyclic) bond motifs is 1. The quantitative estimate of drug-likeness (QED) is 0.694. The normalized spacial score (nSPS) is 19.2. The van der Waals surface area contributed by atoms with Gasteiger partial charge in [-0.15, -0.1) is 0 Å². The Hall–Kier alpha value is -3.21. The Balaban J connectivity index is 1.93. The molecule has 0 N–H and O–H groups in total. The summed E-state index contributed by atoms with van der Waals surface area (Å²) in [5, 5.41) is 0. The number of carbonyl (C=O) groups excluding carboxylic acids is 1. The van der Waals surface area contributed by atoms with Crippen LogP contribution in [0.3, 0.4) is 0 Å². The molecule has 1 aliphatic heterocycles. The van der Waals surface area contributed by atoms with E-state index in [1.807, 2.05) is 47.2 Å². The molecule has 2 aromatic carbocycles. The number of carbonyl (C=O) groups is 1. The predicted octanol–water partition coefficient (Wildman–Crippen LogP) is 3.66. The second-order valence-corrected chi connectivity index (χ2v) is 8.93. The highest BCUT2D eigenvalue weighted by Gasteiger charge is 2.51. The molecule has 162 valence electrons. The molecule has 0 spiro atoms. The fourth-order valence-electron chi connectivity index (χ4n) is 4.74. The topological polar surface area (TPSA) is 36.0 Å². The molecule has 1 saturated heterocycles. The summed E-state index contributed by atoms with van der Waals surface area (Å²) in [6.45, 7) is 0.376. The number of anilines is 2. The highest BCUT2D eigenvalue weighted by atomic mass is 16.5. The lowest BCUT2D eigenvalue weighted by atomic mass is 9.61. The van der Waals surface area contributed by atoms with Gasteiger partial charge in [-0.2, -0.15) is 0 Å². The molecule has 2 aliphatic rings. The lowest BCUT2D eigenvalue weighted by molar-refractivity contribution is -0.135. The van der Waals surface area contributed by atoms with Gasteiger partial charge in [0.15, 0.2) is 0 Å². The van der Waals surface area contributed by atoms with E-state index in [0.29, 0.717) is 6.61 Å². The number of ether oxygens (including phenoxy) is 1. The zero-order chi connectivity index (χ0) is 22.3. The first-order valence-electron chi connectivity index (χ1n) is 10.6. The van der Waals surface area contributed by atoms with E-state index in [4.69, 9.17) is 4.74 Å². The number of likely N-dealkylation sites (N-methyl/N-ethyl adjacent to an activating group) is 1. The first-order chi connectivity index (χ1) is 14.8. The highest BCUT2D eigenvalue weighted by Crippen LogP contribution is 2.50. The van der Waals surface area contributed by atoms with Crippen molar-refractivity contribution in [1.82, 2.24) is 4.90 Å². The summed E-state index contributed by atoms with van der Waals surface area (Å²) in [4.78, 5) is 19.0. The number of cyclic esters (lactones) is 1. The molecule has 5 heteroatoms. The summed E-state index contributed by atoms with van der Waals surface area (Å²) in [5.74, 6) is -0.296. The second-order valence-electron chi connectivity index (χ2n) is 8.93. The van der Waals surface area contributed by atoms with E-state index in [9.17, 15) is 4.79 Å². The van der Waals surface area contributed by atoms with Gasteiger partial charge in [-0.3, -0.25) is 0 Å². The van der Waals surface area contributed by atoms with E-state index in [-0.39, 0.29) is 11.9 Å². The van der Waals surface area contributed by atoms with E-state index in [2.05, 4.69) is 70.5 Å². The Morgan fingerprint density at radius 3 is 1.68 bits per heavy atom. The lowest BCUT2D eigenvalue weighted by Crippen LogP contribution is -2.39. The fraction of sp³-hybridized carbons (Fsp3) is 0.346. The molecule has 1 heterocycles. The van der Waals surface area contributed by atoms with E-state index < -0.39 is 5.41 Å². The van der Waals surface area contributed by atoms with Gasteiger partial charge in [0.05, 0.1) is 5.57 Å². The Morgan fingerprint density at radius 1 is 0.774 bits per heavy atom. The van der Waals surface area contributed by atoms with Crippen LogP contribution in [0, 0.1) is 5.92 Å². The van der Waals surface area contributed by atoms with Crippen molar-refractivity contribution in [2.75, 3.05) is 58.7 Å². The van der Waals surface area contributed by atoms with Gasteiger partial charge in [0, 0.05) is 70.7 Å². The van der Waals surface area contributed by atoms with E-state index in [1.165, 1.54) is 0 Å². The van der Waals surface area contributed by atoms with Crippen molar-refractivity contribution in [3.8, 4) is 0 Å². The van der Waals surface area contributed by atoms with Crippen molar-refractivity contribution in [3.05, 3.63) is 83.1 Å². The molecular weight excluding hydrogens is 386 g/mol. The van der Waals surface area contributed by atoms with Crippen LogP contribution in [0.4, 0.5) is 11.4 Å². The van der Waals surface area contributed by atoms with Crippen molar-refractivity contribution in [3.63, 3.8) is 0 Å². The minimum atomic E-state index is -0.476. The Bertz CT molecular complexity index is 980. The van der Waals surface area contributed by atoms with Crippen LogP contribution < -0.4 is 9.80 Å². The maximum atomic E-state index is 12.8. The van der Waals surface area contributed by atoms with Gasteiger partial charge >= 0.3 is 5.97 Å². The molecule has 2 aromatic rings. The number of esters is 1. The summed E-state index contributed by atoms with van der Waals surface area (Å²) in [6.07, 6.45) is 4.34. The van der Waals surface area contributed by atoms with Crippen LogP contribution in [0.15, 0.2) is 72.0 Å². The molecule has 1 atom stereocenters. The standard InChI is InChI=1S/C26H31N3O2/c1-27(2)20-11-7-18(8-12-20)26(19-9-13-21(14-10-19)28(3)4)16-15-23(29(5)6)24-22(26)17-31-25(24)30/h7-16,22H,17H2,1-6H3. The summed E-state index contributed by atoms with van der Waals surface area (Å²) in [7, 11) is 12.1. The Morgan fingerprint density at radius 2 is 1.26 bits per heavy atom. The van der Waals surface area contributed by atoms with Gasteiger partial charge in [-0.1, -0.05) is 30.3 Å². The molecule has 0 amide bonds. The molecule has 0 aromatic heterocycles. The number of hydrogen-bond donors (Lipinski definition) is 0. The molecule has 0 radical (unpaired) electrons.